The lowest BCUT2D eigenvalue weighted by atomic mass is 9.96. The van der Waals surface area contributed by atoms with Crippen LogP contribution in [0.3, 0.4) is 0 Å². The number of allylic oxidation sites excluding steroid dienone is 1. The summed E-state index contributed by atoms with van der Waals surface area (Å²) in [6, 6.07) is 10.0. The molecule has 0 radical (unpaired) electrons. The summed E-state index contributed by atoms with van der Waals surface area (Å²) in [5.41, 5.74) is -0.0747. The van der Waals surface area contributed by atoms with Gasteiger partial charge in [-0.1, -0.05) is 50.7 Å². The van der Waals surface area contributed by atoms with Crippen molar-refractivity contribution in [3.8, 4) is 0 Å². The standard InChI is InChI=1S/C14H18O2S/c1-14(2,3)12(10-13(15)16-4)17-11-8-6-5-7-9-11/h5-10H,1-4H3/b12-10+. The number of esters is 1. The van der Waals surface area contributed by atoms with E-state index in [1.165, 1.54) is 7.11 Å². The molecule has 0 amide bonds. The predicted octanol–water partition coefficient (Wildman–Crippen LogP) is 3.88. The Balaban J connectivity index is 2.94. The molecule has 0 aromatic heterocycles. The number of benzene rings is 1. The summed E-state index contributed by atoms with van der Waals surface area (Å²) in [5.74, 6) is -0.307. The van der Waals surface area contributed by atoms with Crippen molar-refractivity contribution in [3.05, 3.63) is 41.3 Å². The van der Waals surface area contributed by atoms with Gasteiger partial charge in [-0.15, -0.1) is 0 Å². The Hall–Kier alpha value is -1.22. The third-order valence-corrected chi connectivity index (χ3v) is 3.62. The van der Waals surface area contributed by atoms with Gasteiger partial charge >= 0.3 is 5.97 Å². The van der Waals surface area contributed by atoms with Crippen LogP contribution in [-0.4, -0.2) is 13.1 Å². The second-order valence-electron chi connectivity index (χ2n) is 4.70. The minimum atomic E-state index is -0.307. The predicted molar refractivity (Wildman–Crippen MR) is 71.9 cm³/mol. The zero-order chi connectivity index (χ0) is 12.9. The first-order valence-electron chi connectivity index (χ1n) is 5.46. The van der Waals surface area contributed by atoms with Crippen LogP contribution in [0.2, 0.25) is 0 Å². The van der Waals surface area contributed by atoms with Gasteiger partial charge < -0.3 is 4.74 Å². The van der Waals surface area contributed by atoms with E-state index >= 15 is 0 Å². The fourth-order valence-corrected chi connectivity index (χ4v) is 2.19. The first kappa shape index (κ1) is 13.8. The second-order valence-corrected chi connectivity index (χ2v) is 5.81. The summed E-state index contributed by atoms with van der Waals surface area (Å²) in [5, 5.41) is 0. The highest BCUT2D eigenvalue weighted by atomic mass is 32.2. The number of rotatable bonds is 3. The van der Waals surface area contributed by atoms with E-state index in [2.05, 4.69) is 25.5 Å². The molecule has 0 saturated heterocycles. The van der Waals surface area contributed by atoms with Crippen LogP contribution in [0.5, 0.6) is 0 Å². The van der Waals surface area contributed by atoms with Gasteiger partial charge in [-0.2, -0.15) is 0 Å². The average molecular weight is 250 g/mol. The van der Waals surface area contributed by atoms with Gasteiger partial charge in [0.15, 0.2) is 0 Å². The van der Waals surface area contributed by atoms with E-state index in [1.54, 1.807) is 17.8 Å². The summed E-state index contributed by atoms with van der Waals surface area (Å²) in [6.07, 6.45) is 1.57. The Kier molecular flexibility index (Phi) is 4.82. The monoisotopic (exact) mass is 250 g/mol. The van der Waals surface area contributed by atoms with Crippen molar-refractivity contribution in [2.24, 2.45) is 5.41 Å². The van der Waals surface area contributed by atoms with Crippen LogP contribution in [-0.2, 0) is 9.53 Å². The van der Waals surface area contributed by atoms with Gasteiger partial charge in [-0.05, 0) is 17.5 Å². The van der Waals surface area contributed by atoms with E-state index < -0.39 is 0 Å². The Morgan fingerprint density at radius 3 is 2.29 bits per heavy atom. The molecule has 0 aliphatic heterocycles. The van der Waals surface area contributed by atoms with Crippen LogP contribution in [0.1, 0.15) is 20.8 Å². The molecule has 0 heterocycles. The lowest BCUT2D eigenvalue weighted by Gasteiger charge is -2.22. The minimum absolute atomic E-state index is 0.0747. The highest BCUT2D eigenvalue weighted by molar-refractivity contribution is 8.03. The van der Waals surface area contributed by atoms with E-state index in [-0.39, 0.29) is 11.4 Å². The SMILES string of the molecule is COC(=O)/C=C(/Sc1ccccc1)C(C)(C)C. The van der Waals surface area contributed by atoms with Gasteiger partial charge in [-0.25, -0.2) is 4.79 Å². The van der Waals surface area contributed by atoms with E-state index in [1.807, 2.05) is 30.3 Å². The molecule has 0 aliphatic rings. The van der Waals surface area contributed by atoms with Crippen molar-refractivity contribution in [1.29, 1.82) is 0 Å². The Bertz CT molecular complexity index is 402. The lowest BCUT2D eigenvalue weighted by Crippen LogP contribution is -2.09. The molecule has 0 saturated carbocycles. The van der Waals surface area contributed by atoms with Crippen molar-refractivity contribution in [2.75, 3.05) is 7.11 Å². The Morgan fingerprint density at radius 2 is 1.82 bits per heavy atom. The molecule has 3 heteroatoms. The van der Waals surface area contributed by atoms with Crippen LogP contribution in [0.4, 0.5) is 0 Å². The molecule has 0 aliphatic carbocycles. The molecule has 0 atom stereocenters. The molecule has 17 heavy (non-hydrogen) atoms. The molecular formula is C14H18O2S. The molecule has 1 rings (SSSR count). The van der Waals surface area contributed by atoms with E-state index in [9.17, 15) is 4.79 Å². The maximum Gasteiger partial charge on any atom is 0.331 e. The molecular weight excluding hydrogens is 232 g/mol. The largest absolute Gasteiger partial charge is 0.466 e. The van der Waals surface area contributed by atoms with Crippen LogP contribution in [0, 0.1) is 5.41 Å². The van der Waals surface area contributed by atoms with Gasteiger partial charge in [0.25, 0.3) is 0 Å². The van der Waals surface area contributed by atoms with Crippen molar-refractivity contribution in [1.82, 2.24) is 0 Å². The Labute approximate surface area is 107 Å². The molecule has 0 bridgehead atoms. The third-order valence-electron chi connectivity index (χ3n) is 2.16. The molecule has 1 aromatic carbocycles. The second kappa shape index (κ2) is 5.92. The number of carbonyl (C=O) groups excluding carboxylic acids is 1. The normalized spacial score (nSPS) is 12.4. The molecule has 92 valence electrons. The van der Waals surface area contributed by atoms with Crippen molar-refractivity contribution >= 4 is 17.7 Å². The number of hydrogen-bond acceptors (Lipinski definition) is 3. The quantitative estimate of drug-likeness (QED) is 0.462. The lowest BCUT2D eigenvalue weighted by molar-refractivity contribution is -0.134. The van der Waals surface area contributed by atoms with Crippen LogP contribution in [0.15, 0.2) is 46.2 Å². The number of ether oxygens (including phenoxy) is 1. The van der Waals surface area contributed by atoms with Crippen LogP contribution >= 0.6 is 11.8 Å². The fourth-order valence-electron chi connectivity index (χ4n) is 1.18. The van der Waals surface area contributed by atoms with Crippen molar-refractivity contribution in [3.63, 3.8) is 0 Å². The van der Waals surface area contributed by atoms with E-state index in [4.69, 9.17) is 0 Å². The number of carbonyl (C=O) groups is 1. The number of hydrogen-bond donors (Lipinski definition) is 0. The van der Waals surface area contributed by atoms with Gasteiger partial charge in [-0.3, -0.25) is 0 Å². The Morgan fingerprint density at radius 1 is 1.24 bits per heavy atom. The zero-order valence-electron chi connectivity index (χ0n) is 10.7. The van der Waals surface area contributed by atoms with Gasteiger partial charge in [0, 0.05) is 15.9 Å². The first-order valence-corrected chi connectivity index (χ1v) is 6.28. The van der Waals surface area contributed by atoms with E-state index in [0.29, 0.717) is 0 Å². The maximum atomic E-state index is 11.3. The zero-order valence-corrected chi connectivity index (χ0v) is 11.5. The molecule has 0 fully saturated rings. The summed E-state index contributed by atoms with van der Waals surface area (Å²) in [4.78, 5) is 13.5. The molecule has 0 unspecified atom stereocenters. The highest BCUT2D eigenvalue weighted by Gasteiger charge is 2.19. The van der Waals surface area contributed by atoms with E-state index in [0.717, 1.165) is 9.80 Å². The number of thioether (sulfide) groups is 1. The number of methoxy groups -OCH3 is 1. The molecule has 2 nitrogen and oxygen atoms in total. The summed E-state index contributed by atoms with van der Waals surface area (Å²) in [6.45, 7) is 6.24. The highest BCUT2D eigenvalue weighted by Crippen LogP contribution is 2.38. The van der Waals surface area contributed by atoms with Gasteiger partial charge in [0.05, 0.1) is 7.11 Å². The molecule has 1 aromatic rings. The topological polar surface area (TPSA) is 26.3 Å². The van der Waals surface area contributed by atoms with Crippen molar-refractivity contribution < 1.29 is 9.53 Å². The molecule has 0 N–H and O–H groups in total. The first-order chi connectivity index (χ1) is 7.93. The van der Waals surface area contributed by atoms with Gasteiger partial charge in [0.2, 0.25) is 0 Å². The maximum absolute atomic E-state index is 11.3. The molecule has 0 spiro atoms. The van der Waals surface area contributed by atoms with Gasteiger partial charge in [0.1, 0.15) is 0 Å². The minimum Gasteiger partial charge on any atom is -0.466 e. The summed E-state index contributed by atoms with van der Waals surface area (Å²) in [7, 11) is 1.40. The van der Waals surface area contributed by atoms with Crippen LogP contribution < -0.4 is 0 Å². The average Bonchev–Trinajstić information content (AvgIpc) is 2.28. The smallest absolute Gasteiger partial charge is 0.331 e. The van der Waals surface area contributed by atoms with Crippen molar-refractivity contribution in [2.45, 2.75) is 25.7 Å². The fraction of sp³-hybridized carbons (Fsp3) is 0.357. The third kappa shape index (κ3) is 4.65. The summed E-state index contributed by atoms with van der Waals surface area (Å²) >= 11 is 1.60. The summed E-state index contributed by atoms with van der Waals surface area (Å²) < 4.78 is 4.68. The van der Waals surface area contributed by atoms with Crippen LogP contribution in [0.25, 0.3) is 0 Å².